The van der Waals surface area contributed by atoms with Crippen molar-refractivity contribution in [2.75, 3.05) is 27.7 Å². The van der Waals surface area contributed by atoms with Gasteiger partial charge in [0.25, 0.3) is 0 Å². The van der Waals surface area contributed by atoms with Crippen LogP contribution in [0.25, 0.3) is 0 Å². The van der Waals surface area contributed by atoms with Crippen LogP contribution in [0.15, 0.2) is 24.3 Å². The quantitative estimate of drug-likeness (QED) is 0.456. The van der Waals surface area contributed by atoms with E-state index in [2.05, 4.69) is 52.3 Å². The van der Waals surface area contributed by atoms with Crippen molar-refractivity contribution in [1.29, 1.82) is 0 Å². The van der Waals surface area contributed by atoms with E-state index in [4.69, 9.17) is 4.74 Å². The molecule has 122 valence electrons. The Morgan fingerprint density at radius 1 is 0.857 bits per heavy atom. The summed E-state index contributed by atoms with van der Waals surface area (Å²) in [7, 11) is 6.63. The van der Waals surface area contributed by atoms with Gasteiger partial charge in [0.2, 0.25) is 0 Å². The molecule has 0 aromatic heterocycles. The van der Waals surface area contributed by atoms with Crippen LogP contribution in [0.2, 0.25) is 0 Å². The third-order valence-corrected chi connectivity index (χ3v) is 3.35. The Kier molecular flexibility index (Phi) is 10.8. The Morgan fingerprint density at radius 2 is 1.43 bits per heavy atom. The maximum atomic E-state index is 5.79. The Morgan fingerprint density at radius 3 is 2.00 bits per heavy atom. The molecule has 0 spiro atoms. The highest BCUT2D eigenvalue weighted by atomic mass is 79.9. The first-order valence-electron chi connectivity index (χ1n) is 8.03. The Labute approximate surface area is 141 Å². The number of ether oxygens (including phenoxy) is 1. The van der Waals surface area contributed by atoms with Gasteiger partial charge in [0.15, 0.2) is 0 Å². The smallest absolute Gasteiger partial charge is 0.119 e. The normalized spacial score (nSPS) is 11.0. The van der Waals surface area contributed by atoms with Gasteiger partial charge in [0.1, 0.15) is 12.3 Å². The summed E-state index contributed by atoms with van der Waals surface area (Å²) in [6, 6.07) is 8.56. The van der Waals surface area contributed by atoms with Crippen molar-refractivity contribution in [2.24, 2.45) is 0 Å². The fourth-order valence-corrected chi connectivity index (χ4v) is 2.31. The molecule has 0 saturated heterocycles. The van der Waals surface area contributed by atoms with E-state index in [0.717, 1.165) is 23.4 Å². The summed E-state index contributed by atoms with van der Waals surface area (Å²) < 4.78 is 6.75. The highest BCUT2D eigenvalue weighted by Crippen LogP contribution is 2.15. The van der Waals surface area contributed by atoms with Crippen LogP contribution in [0, 0.1) is 0 Å². The molecule has 2 nitrogen and oxygen atoms in total. The molecular weight excluding hydrogens is 326 g/mol. The lowest BCUT2D eigenvalue weighted by molar-refractivity contribution is -0.884. The highest BCUT2D eigenvalue weighted by molar-refractivity contribution is 5.26. The highest BCUT2D eigenvalue weighted by Gasteiger charge is 2.08. The summed E-state index contributed by atoms with van der Waals surface area (Å²) in [6.45, 7) is 4.16. The standard InChI is InChI=1S/C18H32NO.BrH/c1-5-6-7-8-9-10-15-20-18-13-11-17(12-14-18)16-19(2,3)4;/h11-14H,5-10,15-16H2,1-4H3;1H/q+1;/p-1. The van der Waals surface area contributed by atoms with Gasteiger partial charge in [-0.2, -0.15) is 0 Å². The zero-order chi connectivity index (χ0) is 14.8. The van der Waals surface area contributed by atoms with Crippen LogP contribution >= 0.6 is 0 Å². The fraction of sp³-hybridized carbons (Fsp3) is 0.667. The zero-order valence-corrected chi connectivity index (χ0v) is 15.8. The van der Waals surface area contributed by atoms with Gasteiger partial charge in [-0.3, -0.25) is 0 Å². The van der Waals surface area contributed by atoms with Gasteiger partial charge in [-0.05, 0) is 30.7 Å². The van der Waals surface area contributed by atoms with Crippen molar-refractivity contribution < 1.29 is 26.2 Å². The average Bonchev–Trinajstić information content (AvgIpc) is 2.38. The van der Waals surface area contributed by atoms with Crippen LogP contribution in [0.5, 0.6) is 5.75 Å². The summed E-state index contributed by atoms with van der Waals surface area (Å²) in [6.07, 6.45) is 7.87. The second kappa shape index (κ2) is 11.1. The predicted molar refractivity (Wildman–Crippen MR) is 87.0 cm³/mol. The molecule has 1 rings (SSSR count). The fourth-order valence-electron chi connectivity index (χ4n) is 2.31. The number of quaternary nitrogens is 1. The van der Waals surface area contributed by atoms with Crippen LogP contribution in [-0.2, 0) is 6.54 Å². The SMILES string of the molecule is CCCCCCCCOc1ccc(C[N+](C)(C)C)cc1.[Br-]. The summed E-state index contributed by atoms with van der Waals surface area (Å²) >= 11 is 0. The zero-order valence-electron chi connectivity index (χ0n) is 14.2. The van der Waals surface area contributed by atoms with Crippen molar-refractivity contribution in [2.45, 2.75) is 52.0 Å². The minimum absolute atomic E-state index is 0. The second-order valence-electron chi connectivity index (χ2n) is 6.71. The topological polar surface area (TPSA) is 9.23 Å². The van der Waals surface area contributed by atoms with E-state index >= 15 is 0 Å². The minimum atomic E-state index is 0. The van der Waals surface area contributed by atoms with E-state index in [1.165, 1.54) is 44.1 Å². The van der Waals surface area contributed by atoms with E-state index < -0.39 is 0 Å². The summed E-state index contributed by atoms with van der Waals surface area (Å²) in [5.74, 6) is 1.00. The number of unbranched alkanes of at least 4 members (excludes halogenated alkanes) is 5. The lowest BCUT2D eigenvalue weighted by atomic mass is 10.1. The number of hydrogen-bond donors (Lipinski definition) is 0. The molecule has 0 unspecified atom stereocenters. The van der Waals surface area contributed by atoms with Crippen LogP contribution in [0.3, 0.4) is 0 Å². The molecule has 0 aliphatic rings. The third-order valence-electron chi connectivity index (χ3n) is 3.35. The lowest BCUT2D eigenvalue weighted by Crippen LogP contribution is -3.00. The van der Waals surface area contributed by atoms with Gasteiger partial charge in [-0.15, -0.1) is 0 Å². The third kappa shape index (κ3) is 10.8. The summed E-state index contributed by atoms with van der Waals surface area (Å²) in [5.41, 5.74) is 1.37. The molecule has 0 bridgehead atoms. The van der Waals surface area contributed by atoms with E-state index in [9.17, 15) is 0 Å². The number of rotatable bonds is 10. The van der Waals surface area contributed by atoms with Crippen molar-refractivity contribution in [1.82, 2.24) is 0 Å². The van der Waals surface area contributed by atoms with Gasteiger partial charge < -0.3 is 26.2 Å². The maximum Gasteiger partial charge on any atom is 0.119 e. The van der Waals surface area contributed by atoms with Crippen LogP contribution in [0.1, 0.15) is 51.0 Å². The van der Waals surface area contributed by atoms with Gasteiger partial charge in [-0.1, -0.05) is 39.0 Å². The first-order chi connectivity index (χ1) is 9.51. The van der Waals surface area contributed by atoms with E-state index in [-0.39, 0.29) is 17.0 Å². The van der Waals surface area contributed by atoms with Crippen molar-refractivity contribution in [3.05, 3.63) is 29.8 Å². The van der Waals surface area contributed by atoms with Gasteiger partial charge >= 0.3 is 0 Å². The Bertz CT molecular complexity index is 356. The van der Waals surface area contributed by atoms with Crippen LogP contribution < -0.4 is 21.7 Å². The van der Waals surface area contributed by atoms with Crippen molar-refractivity contribution in [3.63, 3.8) is 0 Å². The molecule has 0 heterocycles. The molecule has 1 aromatic carbocycles. The molecule has 1 aromatic rings. The molecule has 0 fully saturated rings. The molecule has 0 atom stereocenters. The number of benzene rings is 1. The number of nitrogens with zero attached hydrogens (tertiary/aromatic N) is 1. The predicted octanol–water partition coefficient (Wildman–Crippen LogP) is 1.64. The van der Waals surface area contributed by atoms with Gasteiger partial charge in [0, 0.05) is 5.56 Å². The Hall–Kier alpha value is -0.540. The number of halogens is 1. The van der Waals surface area contributed by atoms with Gasteiger partial charge in [0.05, 0.1) is 27.7 Å². The first kappa shape index (κ1) is 20.5. The molecule has 0 amide bonds. The molecule has 21 heavy (non-hydrogen) atoms. The van der Waals surface area contributed by atoms with Crippen LogP contribution in [-0.4, -0.2) is 32.2 Å². The molecule has 3 heteroatoms. The largest absolute Gasteiger partial charge is 1.00 e. The molecule has 0 N–H and O–H groups in total. The number of hydrogen-bond acceptors (Lipinski definition) is 1. The molecule has 0 saturated carbocycles. The van der Waals surface area contributed by atoms with E-state index in [1.54, 1.807) is 0 Å². The summed E-state index contributed by atoms with van der Waals surface area (Å²) in [5, 5.41) is 0. The van der Waals surface area contributed by atoms with E-state index in [0.29, 0.717) is 0 Å². The van der Waals surface area contributed by atoms with Crippen LogP contribution in [0.4, 0.5) is 0 Å². The monoisotopic (exact) mass is 357 g/mol. The molecule has 0 radical (unpaired) electrons. The lowest BCUT2D eigenvalue weighted by Gasteiger charge is -2.23. The minimum Gasteiger partial charge on any atom is -1.00 e. The molecular formula is C18H32BrNO. The molecule has 0 aliphatic heterocycles. The average molecular weight is 358 g/mol. The molecule has 0 aliphatic carbocycles. The summed E-state index contributed by atoms with van der Waals surface area (Å²) in [4.78, 5) is 0. The second-order valence-corrected chi connectivity index (χ2v) is 6.71. The Balaban J connectivity index is 0.00000400. The maximum absolute atomic E-state index is 5.79. The first-order valence-corrected chi connectivity index (χ1v) is 8.03. The van der Waals surface area contributed by atoms with Gasteiger partial charge in [-0.25, -0.2) is 0 Å². The van der Waals surface area contributed by atoms with E-state index in [1.807, 2.05) is 0 Å². The van der Waals surface area contributed by atoms with Crippen molar-refractivity contribution in [3.8, 4) is 5.75 Å². The van der Waals surface area contributed by atoms with Crippen molar-refractivity contribution >= 4 is 0 Å².